The Morgan fingerprint density at radius 1 is 1.18 bits per heavy atom. The van der Waals surface area contributed by atoms with Crippen LogP contribution in [0.4, 0.5) is 5.69 Å². The summed E-state index contributed by atoms with van der Waals surface area (Å²) in [6, 6.07) is 8.87. The molecule has 0 radical (unpaired) electrons. The van der Waals surface area contributed by atoms with Crippen LogP contribution in [0.5, 0.6) is 0 Å². The topological polar surface area (TPSA) is 145 Å². The van der Waals surface area contributed by atoms with Gasteiger partial charge in [-0.05, 0) is 24.3 Å². The lowest BCUT2D eigenvalue weighted by atomic mass is 10.1. The Labute approximate surface area is 191 Å². The number of imide groups is 1. The molecule has 0 saturated heterocycles. The Kier molecular flexibility index (Phi) is 6.07. The van der Waals surface area contributed by atoms with Crippen molar-refractivity contribution >= 4 is 46.1 Å². The van der Waals surface area contributed by atoms with Crippen LogP contribution in [0, 0.1) is 10.1 Å². The number of hydrogen-bond acceptors (Lipinski definition) is 8. The predicted molar refractivity (Wildman–Crippen MR) is 115 cm³/mol. The molecule has 170 valence electrons. The number of nitro groups is 1. The molecular formula is C21H17ClN4O7. The number of carbonyl (C=O) groups is 3. The van der Waals surface area contributed by atoms with Crippen LogP contribution in [-0.4, -0.2) is 55.4 Å². The van der Waals surface area contributed by atoms with Gasteiger partial charge in [-0.25, -0.2) is 4.98 Å². The molecule has 1 aromatic heterocycles. The summed E-state index contributed by atoms with van der Waals surface area (Å²) >= 11 is 6.03. The van der Waals surface area contributed by atoms with Gasteiger partial charge in [-0.15, -0.1) is 0 Å². The van der Waals surface area contributed by atoms with Crippen molar-refractivity contribution in [3.8, 4) is 0 Å². The third kappa shape index (κ3) is 4.15. The summed E-state index contributed by atoms with van der Waals surface area (Å²) < 4.78 is 6.93. The first-order valence-corrected chi connectivity index (χ1v) is 10.2. The summed E-state index contributed by atoms with van der Waals surface area (Å²) in [4.78, 5) is 53.0. The van der Waals surface area contributed by atoms with Crippen LogP contribution >= 0.6 is 11.6 Å². The lowest BCUT2D eigenvalue weighted by Gasteiger charge is -2.13. The van der Waals surface area contributed by atoms with Gasteiger partial charge in [0.1, 0.15) is 18.0 Å². The number of amides is 2. The standard InChI is InChI=1S/C21H17ClN4O7/c22-12-4-5-14-16(10-12)24(8-9-27)17(23-14)11-33-18(28)6-7-25-20(29)13-2-1-3-15(26(31)32)19(13)21(25)30/h1-5,10,27H,6-9,11H2. The number of hydrogen-bond donors (Lipinski definition) is 1. The van der Waals surface area contributed by atoms with Crippen LogP contribution in [-0.2, 0) is 22.7 Å². The van der Waals surface area contributed by atoms with E-state index in [-0.39, 0.29) is 43.9 Å². The molecule has 0 bridgehead atoms. The highest BCUT2D eigenvalue weighted by molar-refractivity contribution is 6.31. The number of imidazole rings is 1. The van der Waals surface area contributed by atoms with E-state index in [2.05, 4.69) is 4.98 Å². The fourth-order valence-electron chi connectivity index (χ4n) is 3.70. The second-order valence-electron chi connectivity index (χ2n) is 7.17. The number of benzene rings is 2. The zero-order chi connectivity index (χ0) is 23.7. The molecule has 1 aliphatic rings. The average molecular weight is 473 g/mol. The molecule has 33 heavy (non-hydrogen) atoms. The minimum absolute atomic E-state index is 0.0704. The van der Waals surface area contributed by atoms with E-state index < -0.39 is 28.4 Å². The number of fused-ring (bicyclic) bond motifs is 2. The van der Waals surface area contributed by atoms with Crippen molar-refractivity contribution in [1.29, 1.82) is 0 Å². The fourth-order valence-corrected chi connectivity index (χ4v) is 3.86. The first kappa shape index (κ1) is 22.4. The monoisotopic (exact) mass is 472 g/mol. The van der Waals surface area contributed by atoms with E-state index >= 15 is 0 Å². The minimum atomic E-state index is -0.822. The molecule has 0 aliphatic carbocycles. The van der Waals surface area contributed by atoms with Crippen molar-refractivity contribution in [2.75, 3.05) is 13.2 Å². The third-order valence-electron chi connectivity index (χ3n) is 5.19. The molecule has 2 aromatic carbocycles. The number of aromatic nitrogens is 2. The zero-order valence-corrected chi connectivity index (χ0v) is 17.8. The number of nitro benzene ring substituents is 1. The second kappa shape index (κ2) is 8.96. The number of aliphatic hydroxyl groups is 1. The van der Waals surface area contributed by atoms with E-state index in [1.807, 2.05) is 0 Å². The lowest BCUT2D eigenvalue weighted by Crippen LogP contribution is -2.32. The van der Waals surface area contributed by atoms with Gasteiger partial charge in [-0.2, -0.15) is 0 Å². The summed E-state index contributed by atoms with van der Waals surface area (Å²) in [5.41, 5.74) is 0.483. The van der Waals surface area contributed by atoms with Gasteiger partial charge in [0.05, 0.1) is 34.5 Å². The molecule has 0 saturated carbocycles. The Morgan fingerprint density at radius 3 is 2.70 bits per heavy atom. The first-order valence-electron chi connectivity index (χ1n) is 9.86. The summed E-state index contributed by atoms with van der Waals surface area (Å²) in [7, 11) is 0. The van der Waals surface area contributed by atoms with Gasteiger partial charge in [0.2, 0.25) is 0 Å². The molecule has 3 aromatic rings. The van der Waals surface area contributed by atoms with Crippen LogP contribution in [0.3, 0.4) is 0 Å². The number of nitrogens with zero attached hydrogens (tertiary/aromatic N) is 4. The van der Waals surface area contributed by atoms with E-state index in [9.17, 15) is 29.6 Å². The summed E-state index contributed by atoms with van der Waals surface area (Å²) in [5.74, 6) is -1.82. The Balaban J connectivity index is 1.42. The van der Waals surface area contributed by atoms with Gasteiger partial charge in [0, 0.05) is 24.2 Å². The normalized spacial score (nSPS) is 13.0. The highest BCUT2D eigenvalue weighted by Gasteiger charge is 2.40. The molecule has 0 spiro atoms. The van der Waals surface area contributed by atoms with Crippen molar-refractivity contribution in [3.63, 3.8) is 0 Å². The van der Waals surface area contributed by atoms with Crippen molar-refractivity contribution in [2.45, 2.75) is 19.6 Å². The van der Waals surface area contributed by atoms with Gasteiger partial charge in [0.25, 0.3) is 17.5 Å². The quantitative estimate of drug-likeness (QED) is 0.227. The number of rotatable bonds is 8. The zero-order valence-electron chi connectivity index (χ0n) is 17.1. The Bertz CT molecular complexity index is 1300. The molecule has 2 amide bonds. The maximum Gasteiger partial charge on any atom is 0.308 e. The SMILES string of the molecule is O=C(CCN1C(=O)c2cccc([N+](=O)[O-])c2C1=O)OCc1nc2ccc(Cl)cc2n1CCO. The van der Waals surface area contributed by atoms with Gasteiger partial charge in [0.15, 0.2) is 0 Å². The molecule has 0 fully saturated rings. The summed E-state index contributed by atoms with van der Waals surface area (Å²) in [6.07, 6.45) is -0.300. The minimum Gasteiger partial charge on any atom is -0.457 e. The van der Waals surface area contributed by atoms with E-state index in [0.717, 1.165) is 11.0 Å². The smallest absolute Gasteiger partial charge is 0.308 e. The number of ether oxygens (including phenoxy) is 1. The van der Waals surface area contributed by atoms with Crippen LogP contribution in [0.15, 0.2) is 36.4 Å². The first-order chi connectivity index (χ1) is 15.8. The van der Waals surface area contributed by atoms with Crippen molar-refractivity contribution in [3.05, 3.63) is 68.5 Å². The second-order valence-corrected chi connectivity index (χ2v) is 7.60. The van der Waals surface area contributed by atoms with Gasteiger partial charge in [-0.1, -0.05) is 17.7 Å². The summed E-state index contributed by atoms with van der Waals surface area (Å²) in [6.45, 7) is -0.425. The Morgan fingerprint density at radius 2 is 1.97 bits per heavy atom. The Hall–Kier alpha value is -3.83. The maximum atomic E-state index is 12.6. The molecule has 2 heterocycles. The fraction of sp³-hybridized carbons (Fsp3) is 0.238. The van der Waals surface area contributed by atoms with Gasteiger partial charge in [-0.3, -0.25) is 29.4 Å². The number of carbonyl (C=O) groups excluding carboxylic acids is 3. The molecule has 11 nitrogen and oxygen atoms in total. The van der Waals surface area contributed by atoms with E-state index in [0.29, 0.717) is 21.9 Å². The highest BCUT2D eigenvalue weighted by atomic mass is 35.5. The average Bonchev–Trinajstić information content (AvgIpc) is 3.25. The number of esters is 1. The van der Waals surface area contributed by atoms with Crippen molar-refractivity contribution in [1.82, 2.24) is 14.5 Å². The molecule has 0 unspecified atom stereocenters. The van der Waals surface area contributed by atoms with Gasteiger partial charge < -0.3 is 14.4 Å². The van der Waals surface area contributed by atoms with E-state index in [1.165, 1.54) is 12.1 Å². The molecule has 0 atom stereocenters. The predicted octanol–water partition coefficient (Wildman–Crippen LogP) is 2.32. The summed E-state index contributed by atoms with van der Waals surface area (Å²) in [5, 5.41) is 21.0. The van der Waals surface area contributed by atoms with Crippen LogP contribution < -0.4 is 0 Å². The van der Waals surface area contributed by atoms with Crippen molar-refractivity contribution < 1.29 is 29.2 Å². The van der Waals surface area contributed by atoms with Gasteiger partial charge >= 0.3 is 5.97 Å². The molecule has 1 aliphatic heterocycles. The van der Waals surface area contributed by atoms with Crippen LogP contribution in [0.25, 0.3) is 11.0 Å². The van der Waals surface area contributed by atoms with Crippen LogP contribution in [0.1, 0.15) is 33.0 Å². The molecular weight excluding hydrogens is 456 g/mol. The number of halogens is 1. The van der Waals surface area contributed by atoms with E-state index in [4.69, 9.17) is 16.3 Å². The largest absolute Gasteiger partial charge is 0.457 e. The molecule has 1 N–H and O–H groups in total. The third-order valence-corrected chi connectivity index (χ3v) is 5.42. The molecule has 12 heteroatoms. The van der Waals surface area contributed by atoms with E-state index in [1.54, 1.807) is 22.8 Å². The maximum absolute atomic E-state index is 12.6. The molecule has 4 rings (SSSR count). The lowest BCUT2D eigenvalue weighted by molar-refractivity contribution is -0.385. The van der Waals surface area contributed by atoms with Crippen LogP contribution in [0.2, 0.25) is 5.02 Å². The highest BCUT2D eigenvalue weighted by Crippen LogP contribution is 2.30. The van der Waals surface area contributed by atoms with Crippen molar-refractivity contribution in [2.24, 2.45) is 0 Å². The number of aliphatic hydroxyl groups excluding tert-OH is 1.